The number of likely N-dealkylation sites (tertiary alicyclic amines) is 1. The molecule has 1 unspecified atom stereocenters. The van der Waals surface area contributed by atoms with E-state index >= 15 is 0 Å². The Labute approximate surface area is 179 Å². The zero-order chi connectivity index (χ0) is 20.8. The first-order valence-corrected chi connectivity index (χ1v) is 10.2. The van der Waals surface area contributed by atoms with Gasteiger partial charge < -0.3 is 16.8 Å². The van der Waals surface area contributed by atoms with Gasteiger partial charge >= 0.3 is 0 Å². The maximum Gasteiger partial charge on any atom is 0.255 e. The molecular weight excluding hydrogens is 432 g/mol. The largest absolute Gasteiger partial charge is 0.404 e. The van der Waals surface area contributed by atoms with Gasteiger partial charge in [0.2, 0.25) is 0 Å². The Balaban J connectivity index is 1.65. The summed E-state index contributed by atoms with van der Waals surface area (Å²) in [5.74, 6) is -0.0315. The van der Waals surface area contributed by atoms with Crippen LogP contribution in [0.2, 0.25) is 0 Å². The van der Waals surface area contributed by atoms with Crippen molar-refractivity contribution in [3.63, 3.8) is 0 Å². The van der Waals surface area contributed by atoms with E-state index in [1.165, 1.54) is 11.8 Å². The minimum atomic E-state index is -0.226. The van der Waals surface area contributed by atoms with Crippen molar-refractivity contribution in [2.75, 3.05) is 25.9 Å². The van der Waals surface area contributed by atoms with Crippen LogP contribution in [0, 0.1) is 0 Å². The van der Waals surface area contributed by atoms with Crippen molar-refractivity contribution in [2.24, 2.45) is 10.7 Å². The molecule has 1 aromatic heterocycles. The number of nitrogens with one attached hydrogen (secondary N) is 1. The normalized spacial score (nSPS) is 17.7. The van der Waals surface area contributed by atoms with E-state index in [9.17, 15) is 4.79 Å². The molecule has 2 aromatic rings. The van der Waals surface area contributed by atoms with Crippen molar-refractivity contribution < 1.29 is 4.79 Å². The first-order valence-electron chi connectivity index (χ1n) is 9.37. The van der Waals surface area contributed by atoms with E-state index in [0.717, 1.165) is 30.5 Å². The molecule has 0 radical (unpaired) electrons. The Hall–Kier alpha value is -2.71. The molecule has 5 N–H and O–H groups in total. The quantitative estimate of drug-likeness (QED) is 0.578. The number of rotatable bonds is 6. The number of pyridine rings is 1. The van der Waals surface area contributed by atoms with Gasteiger partial charge in [0.15, 0.2) is 0 Å². The van der Waals surface area contributed by atoms with Gasteiger partial charge in [-0.25, -0.2) is 4.98 Å². The number of halogens is 1. The maximum atomic E-state index is 12.8. The summed E-state index contributed by atoms with van der Waals surface area (Å²) in [7, 11) is 1.65. The second-order valence-electron chi connectivity index (χ2n) is 6.99. The van der Waals surface area contributed by atoms with E-state index in [1.54, 1.807) is 25.5 Å². The number of carbonyl (C=O) groups is 1. The molecule has 1 fully saturated rings. The molecule has 1 saturated heterocycles. The van der Waals surface area contributed by atoms with Gasteiger partial charge in [-0.05, 0) is 30.2 Å². The van der Waals surface area contributed by atoms with Crippen LogP contribution in [0.4, 0.5) is 5.82 Å². The minimum absolute atomic E-state index is 0.0689. The summed E-state index contributed by atoms with van der Waals surface area (Å²) in [6.45, 7) is 2.58. The van der Waals surface area contributed by atoms with Crippen LogP contribution < -0.4 is 16.8 Å². The number of aromatic nitrogens is 1. The first kappa shape index (κ1) is 21.0. The zero-order valence-electron chi connectivity index (χ0n) is 16.3. The molecule has 8 heteroatoms. The third-order valence-electron chi connectivity index (χ3n) is 4.85. The van der Waals surface area contributed by atoms with Gasteiger partial charge in [-0.2, -0.15) is 0 Å². The summed E-state index contributed by atoms with van der Waals surface area (Å²) in [6.07, 6.45) is 5.52. The third-order valence-corrected chi connectivity index (χ3v) is 5.34. The van der Waals surface area contributed by atoms with E-state index in [2.05, 4.69) is 48.3 Å². The second kappa shape index (κ2) is 9.67. The second-order valence-corrected chi connectivity index (χ2v) is 7.91. The van der Waals surface area contributed by atoms with Crippen molar-refractivity contribution in [3.8, 4) is 0 Å². The van der Waals surface area contributed by atoms with Gasteiger partial charge in [-0.15, -0.1) is 0 Å². The van der Waals surface area contributed by atoms with E-state index < -0.39 is 0 Å². The fraction of sp³-hybridized carbons (Fsp3) is 0.286. The summed E-state index contributed by atoms with van der Waals surface area (Å²) >= 11 is 3.51. The predicted octanol–water partition coefficient (Wildman–Crippen LogP) is 2.43. The third kappa shape index (κ3) is 5.42. The number of allylic oxidation sites excluding steroid dienone is 1. The van der Waals surface area contributed by atoms with Crippen LogP contribution in [0.25, 0.3) is 5.57 Å². The standard InChI is InChI=1S/C21H25BrN6O/c1-25-10-16(9-23)15-8-19(20(24)26-11-15)21(29)27-18-5-6-28(13-18)12-14-3-2-4-17(22)7-14/h2-4,7-11,18H,5-6,12-13,23H2,1H3,(H2,24,26)(H,27,29). The van der Waals surface area contributed by atoms with Crippen molar-refractivity contribution in [1.29, 1.82) is 0 Å². The Morgan fingerprint density at radius 3 is 3.00 bits per heavy atom. The number of carbonyl (C=O) groups excluding carboxylic acids is 1. The van der Waals surface area contributed by atoms with Crippen LogP contribution in [0.1, 0.15) is 27.9 Å². The fourth-order valence-corrected chi connectivity index (χ4v) is 3.87. The van der Waals surface area contributed by atoms with Crippen molar-refractivity contribution in [1.82, 2.24) is 15.2 Å². The highest BCUT2D eigenvalue weighted by Gasteiger charge is 2.25. The molecule has 1 aliphatic heterocycles. The highest BCUT2D eigenvalue weighted by molar-refractivity contribution is 9.10. The number of hydrogen-bond donors (Lipinski definition) is 3. The lowest BCUT2D eigenvalue weighted by Crippen LogP contribution is -2.37. The van der Waals surface area contributed by atoms with Crippen LogP contribution in [0.5, 0.6) is 0 Å². The molecule has 3 rings (SSSR count). The average Bonchev–Trinajstić information content (AvgIpc) is 3.13. The van der Waals surface area contributed by atoms with Crippen molar-refractivity contribution in [2.45, 2.75) is 19.0 Å². The molecule has 0 bridgehead atoms. The van der Waals surface area contributed by atoms with Crippen LogP contribution in [0.15, 0.2) is 52.2 Å². The van der Waals surface area contributed by atoms with Crippen LogP contribution in [0.3, 0.4) is 0 Å². The molecule has 1 atom stereocenters. The highest BCUT2D eigenvalue weighted by atomic mass is 79.9. The number of nitrogen functional groups attached to an aromatic ring is 1. The smallest absolute Gasteiger partial charge is 0.255 e. The van der Waals surface area contributed by atoms with E-state index in [4.69, 9.17) is 11.5 Å². The first-order chi connectivity index (χ1) is 14.0. The van der Waals surface area contributed by atoms with Gasteiger partial charge in [0.25, 0.3) is 5.91 Å². The summed E-state index contributed by atoms with van der Waals surface area (Å²) < 4.78 is 1.07. The van der Waals surface area contributed by atoms with Gasteiger partial charge in [-0.1, -0.05) is 28.1 Å². The minimum Gasteiger partial charge on any atom is -0.404 e. The molecule has 1 amide bonds. The number of anilines is 1. The van der Waals surface area contributed by atoms with Gasteiger partial charge in [0, 0.05) is 66.9 Å². The van der Waals surface area contributed by atoms with Gasteiger partial charge in [0.05, 0.1) is 5.56 Å². The number of aliphatic imine (C=N–C) groups is 1. The van der Waals surface area contributed by atoms with Crippen LogP contribution in [-0.2, 0) is 6.54 Å². The lowest BCUT2D eigenvalue weighted by Gasteiger charge is -2.17. The number of hydrogen-bond acceptors (Lipinski definition) is 6. The SMILES string of the molecule is CN=CC(=CN)c1cnc(N)c(C(=O)NC2CCN(Cc3cccc(Br)c3)C2)c1. The van der Waals surface area contributed by atoms with Crippen molar-refractivity contribution >= 4 is 39.4 Å². The zero-order valence-corrected chi connectivity index (χ0v) is 17.9. The molecule has 2 heterocycles. The highest BCUT2D eigenvalue weighted by Crippen LogP contribution is 2.19. The average molecular weight is 457 g/mol. The fourth-order valence-electron chi connectivity index (χ4n) is 3.42. The molecule has 29 heavy (non-hydrogen) atoms. The molecule has 152 valence electrons. The van der Waals surface area contributed by atoms with Gasteiger partial charge in [0.1, 0.15) is 5.82 Å². The predicted molar refractivity (Wildman–Crippen MR) is 121 cm³/mol. The summed E-state index contributed by atoms with van der Waals surface area (Å²) in [4.78, 5) is 23.3. The van der Waals surface area contributed by atoms with Crippen LogP contribution >= 0.6 is 15.9 Å². The number of nitrogens with zero attached hydrogens (tertiary/aromatic N) is 3. The number of amides is 1. The van der Waals surface area contributed by atoms with E-state index in [-0.39, 0.29) is 17.8 Å². The molecule has 0 aliphatic carbocycles. The molecule has 1 aliphatic rings. The van der Waals surface area contributed by atoms with Gasteiger partial charge in [-0.3, -0.25) is 14.7 Å². The Morgan fingerprint density at radius 1 is 1.45 bits per heavy atom. The topological polar surface area (TPSA) is 110 Å². The summed E-state index contributed by atoms with van der Waals surface area (Å²) in [6, 6.07) is 10.0. The number of nitrogens with two attached hydrogens (primary N) is 2. The molecule has 0 spiro atoms. The molecule has 1 aromatic carbocycles. The molecule has 0 saturated carbocycles. The number of benzene rings is 1. The lowest BCUT2D eigenvalue weighted by molar-refractivity contribution is 0.0938. The summed E-state index contributed by atoms with van der Waals surface area (Å²) in [5, 5.41) is 3.09. The molecular formula is C21H25BrN6O. The lowest BCUT2D eigenvalue weighted by atomic mass is 10.1. The Kier molecular flexibility index (Phi) is 7.00. The Bertz CT molecular complexity index is 943. The van der Waals surface area contributed by atoms with Crippen molar-refractivity contribution in [3.05, 3.63) is 63.9 Å². The monoisotopic (exact) mass is 456 g/mol. The van der Waals surface area contributed by atoms with Crippen LogP contribution in [-0.4, -0.2) is 48.2 Å². The summed E-state index contributed by atoms with van der Waals surface area (Å²) in [5.41, 5.74) is 14.6. The maximum absolute atomic E-state index is 12.8. The molecule has 7 nitrogen and oxygen atoms in total. The van der Waals surface area contributed by atoms with E-state index in [0.29, 0.717) is 16.7 Å². The Morgan fingerprint density at radius 2 is 2.28 bits per heavy atom. The van der Waals surface area contributed by atoms with E-state index in [1.807, 2.05) is 12.1 Å².